The summed E-state index contributed by atoms with van der Waals surface area (Å²) in [6.45, 7) is 3.47. The van der Waals surface area contributed by atoms with Crippen LogP contribution in [0.3, 0.4) is 0 Å². The lowest BCUT2D eigenvalue weighted by molar-refractivity contribution is -0.138. The molecule has 1 aromatic heterocycles. The molecule has 1 saturated carbocycles. The molecule has 2 bridgehead atoms. The van der Waals surface area contributed by atoms with E-state index >= 15 is 0 Å². The van der Waals surface area contributed by atoms with E-state index in [4.69, 9.17) is 17.0 Å². The number of anilines is 4. The van der Waals surface area contributed by atoms with Crippen molar-refractivity contribution < 1.29 is 32.3 Å². The van der Waals surface area contributed by atoms with Gasteiger partial charge in [-0.15, -0.1) is 0 Å². The number of hydrogen-bond acceptors (Lipinski definition) is 9. The molecule has 5 heterocycles. The monoisotopic (exact) mass is 828 g/mol. The van der Waals surface area contributed by atoms with Crippen molar-refractivity contribution in [3.8, 4) is 11.8 Å². The van der Waals surface area contributed by atoms with Gasteiger partial charge in [0.05, 0.1) is 30.6 Å². The number of alkyl halides is 3. The normalized spacial score (nSPS) is 23.8. The van der Waals surface area contributed by atoms with Gasteiger partial charge >= 0.3 is 6.18 Å². The Bertz CT molecular complexity index is 2170. The van der Waals surface area contributed by atoms with Crippen LogP contribution in [0.25, 0.3) is 0 Å². The standard InChI is InChI=1S/C43H47F3N8O4S/c1-2-27-19-33(54-41(59)53(40(57)42(54)14-4-15-42)34-21-35(43(44,45)46)36(22-47)48-24-34)10-11-37(27)58-16-13-26-17-31-8-9-32(18-26)52(31)25-39(56)51-29-6-3-5-28(20-29)50-30-7-12-38(55)49-23-30/h3,5-6,10-11,19-21,24,26,30-32,50H,2,4,7-9,12-18,23,25H2,1H3,(H,49,55)(H,51,56)/t26?,30?,31-,32+. The maximum absolute atomic E-state index is 14.0. The van der Waals surface area contributed by atoms with Crippen LogP contribution < -0.4 is 30.5 Å². The topological polar surface area (TPSA) is 143 Å². The van der Waals surface area contributed by atoms with Gasteiger partial charge in [-0.2, -0.15) is 18.4 Å². The van der Waals surface area contributed by atoms with Crippen LogP contribution in [0.2, 0.25) is 0 Å². The Morgan fingerprint density at radius 3 is 2.49 bits per heavy atom. The van der Waals surface area contributed by atoms with E-state index in [2.05, 4.69) is 25.8 Å². The second-order valence-corrected chi connectivity index (χ2v) is 16.7. The van der Waals surface area contributed by atoms with E-state index in [0.29, 0.717) is 69.1 Å². The van der Waals surface area contributed by atoms with Crippen LogP contribution in [0, 0.1) is 17.2 Å². The average Bonchev–Trinajstić information content (AvgIpc) is 3.57. The predicted octanol–water partition coefficient (Wildman–Crippen LogP) is 6.94. The van der Waals surface area contributed by atoms with Gasteiger partial charge < -0.3 is 25.6 Å². The van der Waals surface area contributed by atoms with Crippen LogP contribution in [-0.2, 0) is 27.0 Å². The zero-order valence-corrected chi connectivity index (χ0v) is 33.6. The number of aromatic nitrogens is 1. The van der Waals surface area contributed by atoms with Crippen molar-refractivity contribution in [1.29, 1.82) is 5.26 Å². The zero-order valence-electron chi connectivity index (χ0n) is 32.8. The van der Waals surface area contributed by atoms with Crippen molar-refractivity contribution in [2.45, 2.75) is 107 Å². The van der Waals surface area contributed by atoms with Gasteiger partial charge in [-0.05, 0) is 130 Å². The highest BCUT2D eigenvalue weighted by molar-refractivity contribution is 7.81. The predicted molar refractivity (Wildman–Crippen MR) is 220 cm³/mol. The molecule has 1 spiro atoms. The summed E-state index contributed by atoms with van der Waals surface area (Å²) in [5, 5.41) is 18.7. The summed E-state index contributed by atoms with van der Waals surface area (Å²) in [7, 11) is 0. The molecule has 3 N–H and O–H groups in total. The number of hydrogen-bond donors (Lipinski definition) is 3. The highest BCUT2D eigenvalue weighted by Gasteiger charge is 2.60. The minimum Gasteiger partial charge on any atom is -0.493 e. The molecule has 12 nitrogen and oxygen atoms in total. The van der Waals surface area contributed by atoms with E-state index in [0.717, 1.165) is 84.8 Å². The van der Waals surface area contributed by atoms with Crippen molar-refractivity contribution in [3.05, 3.63) is 71.5 Å². The van der Waals surface area contributed by atoms with Gasteiger partial charge in [-0.1, -0.05) is 13.0 Å². The summed E-state index contributed by atoms with van der Waals surface area (Å²) in [6.07, 6.45) is 4.96. The summed E-state index contributed by atoms with van der Waals surface area (Å²) in [4.78, 5) is 47.7. The number of piperidine rings is 2. The number of amides is 3. The molecular weight excluding hydrogens is 782 g/mol. The smallest absolute Gasteiger partial charge is 0.419 e. The molecule has 2 aromatic carbocycles. The van der Waals surface area contributed by atoms with Crippen LogP contribution in [0.4, 0.5) is 35.9 Å². The number of nitrogens with one attached hydrogen (secondary N) is 3. The molecule has 2 unspecified atom stereocenters. The van der Waals surface area contributed by atoms with Crippen LogP contribution in [0.5, 0.6) is 5.75 Å². The molecule has 8 rings (SSSR count). The van der Waals surface area contributed by atoms with Gasteiger partial charge in [0.25, 0.3) is 5.91 Å². The number of carbonyl (C=O) groups is 3. The molecule has 3 aromatic rings. The highest BCUT2D eigenvalue weighted by Crippen LogP contribution is 2.49. The quantitative estimate of drug-likeness (QED) is 0.165. The lowest BCUT2D eigenvalue weighted by atomic mass is 9.75. The van der Waals surface area contributed by atoms with Crippen molar-refractivity contribution in [1.82, 2.24) is 15.2 Å². The fourth-order valence-corrected chi connectivity index (χ4v) is 10.0. The second kappa shape index (κ2) is 16.4. The van der Waals surface area contributed by atoms with Crippen molar-refractivity contribution in [3.63, 3.8) is 0 Å². The van der Waals surface area contributed by atoms with Crippen LogP contribution in [-0.4, -0.2) is 76.1 Å². The maximum atomic E-state index is 14.0. The van der Waals surface area contributed by atoms with Gasteiger partial charge in [0.15, 0.2) is 10.8 Å². The number of pyridine rings is 1. The number of carbonyl (C=O) groups excluding carboxylic acids is 3. The van der Waals surface area contributed by atoms with Crippen molar-refractivity contribution >= 4 is 57.8 Å². The second-order valence-electron chi connectivity index (χ2n) is 16.3. The van der Waals surface area contributed by atoms with Gasteiger partial charge in [0.1, 0.15) is 17.4 Å². The van der Waals surface area contributed by atoms with Gasteiger partial charge in [-0.25, -0.2) is 4.98 Å². The summed E-state index contributed by atoms with van der Waals surface area (Å²) < 4.78 is 47.9. The van der Waals surface area contributed by atoms with E-state index in [1.54, 1.807) is 4.90 Å². The molecular formula is C43H47F3N8O4S. The Morgan fingerprint density at radius 1 is 1.07 bits per heavy atom. The van der Waals surface area contributed by atoms with Crippen LogP contribution in [0.1, 0.15) is 88.0 Å². The SMILES string of the molecule is CCc1cc(N2C(=S)N(c3cnc(C#N)c(C(F)(F)F)c3)C(=O)C23CCC3)ccc1OCCC1C[C@H]2CC[C@@H](C1)N2CC(=O)Nc1cccc(NC2CCC(=O)NC2)c1. The lowest BCUT2D eigenvalue weighted by Crippen LogP contribution is -2.55. The van der Waals surface area contributed by atoms with E-state index in [1.165, 1.54) is 6.07 Å². The lowest BCUT2D eigenvalue weighted by Gasteiger charge is -2.43. The summed E-state index contributed by atoms with van der Waals surface area (Å²) in [5.41, 5.74) is 0.121. The molecule has 4 saturated heterocycles. The number of aryl methyl sites for hydroxylation is 1. The third kappa shape index (κ3) is 8.06. The summed E-state index contributed by atoms with van der Waals surface area (Å²) >= 11 is 5.81. The first-order valence-electron chi connectivity index (χ1n) is 20.5. The zero-order chi connectivity index (χ0) is 41.5. The minimum atomic E-state index is -4.83. The number of nitrogens with zero attached hydrogens (tertiary/aromatic N) is 5. The van der Waals surface area contributed by atoms with E-state index in [-0.39, 0.29) is 28.7 Å². The molecule has 4 atom stereocenters. The van der Waals surface area contributed by atoms with E-state index in [9.17, 15) is 32.8 Å². The molecule has 0 radical (unpaired) electrons. The first-order valence-corrected chi connectivity index (χ1v) is 20.9. The maximum Gasteiger partial charge on any atom is 0.419 e. The summed E-state index contributed by atoms with van der Waals surface area (Å²) in [6, 6.07) is 16.5. The first kappa shape index (κ1) is 40.5. The van der Waals surface area contributed by atoms with Crippen molar-refractivity contribution in [2.75, 3.05) is 40.1 Å². The summed E-state index contributed by atoms with van der Waals surface area (Å²) in [5.74, 6) is 0.847. The van der Waals surface area contributed by atoms with Crippen LogP contribution >= 0.6 is 12.2 Å². The Morgan fingerprint density at radius 2 is 1.83 bits per heavy atom. The van der Waals surface area contributed by atoms with Gasteiger partial charge in [0, 0.05) is 48.2 Å². The molecule has 4 aliphatic heterocycles. The molecule has 1 aliphatic carbocycles. The van der Waals surface area contributed by atoms with Gasteiger partial charge in [0.2, 0.25) is 11.8 Å². The Hall–Kier alpha value is -5.27. The Labute approximate surface area is 346 Å². The fraction of sp³-hybridized carbons (Fsp3) is 0.488. The Kier molecular flexibility index (Phi) is 11.3. The third-order valence-electron chi connectivity index (χ3n) is 12.7. The van der Waals surface area contributed by atoms with Crippen LogP contribution in [0.15, 0.2) is 54.7 Å². The first-order chi connectivity index (χ1) is 28.4. The number of nitriles is 1. The highest BCUT2D eigenvalue weighted by atomic mass is 32.1. The number of ether oxygens (including phenoxy) is 1. The average molecular weight is 829 g/mol. The number of halogens is 3. The third-order valence-corrected chi connectivity index (χ3v) is 13.1. The Balaban J connectivity index is 0.864. The number of thiocarbonyl (C=S) groups is 1. The van der Waals surface area contributed by atoms with E-state index in [1.807, 2.05) is 49.4 Å². The molecule has 5 fully saturated rings. The molecule has 16 heteroatoms. The molecule has 3 amide bonds. The number of rotatable bonds is 12. The fourth-order valence-electron chi connectivity index (χ4n) is 9.57. The molecule has 5 aliphatic rings. The number of fused-ring (bicyclic) bond motifs is 2. The molecule has 310 valence electrons. The number of benzene rings is 2. The molecule has 59 heavy (non-hydrogen) atoms. The van der Waals surface area contributed by atoms with Gasteiger partial charge in [-0.3, -0.25) is 24.2 Å². The van der Waals surface area contributed by atoms with Crippen molar-refractivity contribution in [2.24, 2.45) is 5.92 Å². The largest absolute Gasteiger partial charge is 0.493 e. The van der Waals surface area contributed by atoms with E-state index < -0.39 is 28.9 Å². The minimum absolute atomic E-state index is 0.0295.